The van der Waals surface area contributed by atoms with Crippen molar-refractivity contribution in [1.82, 2.24) is 0 Å². The van der Waals surface area contributed by atoms with Gasteiger partial charge in [0.05, 0.1) is 12.4 Å². The first-order valence-corrected chi connectivity index (χ1v) is 10.5. The maximum absolute atomic E-state index is 14.2. The molecule has 3 rings (SSSR count). The van der Waals surface area contributed by atoms with Crippen molar-refractivity contribution >= 4 is 0 Å². The molecule has 0 bridgehead atoms. The van der Waals surface area contributed by atoms with Crippen molar-refractivity contribution < 1.29 is 17.9 Å². The van der Waals surface area contributed by atoms with Crippen LogP contribution in [0.25, 0.3) is 0 Å². The summed E-state index contributed by atoms with van der Waals surface area (Å²) in [5.74, 6) is 0.213. The highest BCUT2D eigenvalue weighted by molar-refractivity contribution is 5.31. The van der Waals surface area contributed by atoms with E-state index in [-0.39, 0.29) is 11.6 Å². The lowest BCUT2D eigenvalue weighted by Gasteiger charge is -2.34. The van der Waals surface area contributed by atoms with E-state index < -0.39 is 11.6 Å². The van der Waals surface area contributed by atoms with Gasteiger partial charge in [-0.25, -0.2) is 13.2 Å². The molecule has 27 heavy (non-hydrogen) atoms. The summed E-state index contributed by atoms with van der Waals surface area (Å²) in [5.41, 5.74) is 0.692. The molecule has 0 heterocycles. The van der Waals surface area contributed by atoms with Crippen LogP contribution >= 0.6 is 0 Å². The van der Waals surface area contributed by atoms with E-state index in [1.807, 2.05) is 0 Å². The van der Waals surface area contributed by atoms with Crippen LogP contribution in [0.4, 0.5) is 13.2 Å². The smallest absolute Gasteiger partial charge is 0.190 e. The van der Waals surface area contributed by atoms with Gasteiger partial charge in [-0.2, -0.15) is 0 Å². The Morgan fingerprint density at radius 3 is 2.26 bits per heavy atom. The SMILES string of the molecule is CCCCc1cc(F)c(OCC2CCC(C3CC=C(F)CC3)CC2)c(F)c1. The molecule has 0 saturated heterocycles. The van der Waals surface area contributed by atoms with Crippen LogP contribution in [0.3, 0.4) is 0 Å². The minimum atomic E-state index is -0.592. The van der Waals surface area contributed by atoms with Crippen LogP contribution in [-0.4, -0.2) is 6.61 Å². The molecule has 1 saturated carbocycles. The zero-order chi connectivity index (χ0) is 19.2. The first-order chi connectivity index (χ1) is 13.1. The Morgan fingerprint density at radius 1 is 0.963 bits per heavy atom. The molecule has 1 nitrogen and oxygen atoms in total. The lowest BCUT2D eigenvalue weighted by molar-refractivity contribution is 0.142. The van der Waals surface area contributed by atoms with Crippen LogP contribution in [0, 0.1) is 29.4 Å². The molecule has 4 heteroatoms. The third-order valence-electron chi connectivity index (χ3n) is 6.29. The molecule has 1 unspecified atom stereocenters. The van der Waals surface area contributed by atoms with Crippen LogP contribution in [0.15, 0.2) is 24.0 Å². The molecular weight excluding hydrogens is 349 g/mol. The number of hydrogen-bond acceptors (Lipinski definition) is 1. The van der Waals surface area contributed by atoms with Gasteiger partial charge < -0.3 is 4.74 Å². The molecule has 0 spiro atoms. The summed E-state index contributed by atoms with van der Waals surface area (Å²) in [4.78, 5) is 0. The van der Waals surface area contributed by atoms with Crippen molar-refractivity contribution in [2.75, 3.05) is 6.61 Å². The number of unbranched alkanes of at least 4 members (excludes halogenated alkanes) is 1. The Balaban J connectivity index is 1.47. The fourth-order valence-corrected chi connectivity index (χ4v) is 4.55. The normalized spacial score (nSPS) is 25.9. The molecule has 0 aromatic heterocycles. The van der Waals surface area contributed by atoms with Crippen molar-refractivity contribution in [3.8, 4) is 5.75 Å². The van der Waals surface area contributed by atoms with E-state index in [4.69, 9.17) is 4.74 Å². The highest BCUT2D eigenvalue weighted by atomic mass is 19.1. The average Bonchev–Trinajstić information content (AvgIpc) is 2.67. The second-order valence-corrected chi connectivity index (χ2v) is 8.27. The van der Waals surface area contributed by atoms with Gasteiger partial charge in [0.25, 0.3) is 0 Å². The van der Waals surface area contributed by atoms with E-state index >= 15 is 0 Å². The molecular formula is C23H31F3O. The summed E-state index contributed by atoms with van der Waals surface area (Å²) in [7, 11) is 0. The Bertz CT molecular complexity index is 624. The minimum Gasteiger partial charge on any atom is -0.487 e. The molecule has 2 aliphatic carbocycles. The summed E-state index contributed by atoms with van der Waals surface area (Å²) in [6.45, 7) is 2.43. The molecule has 0 amide bonds. The predicted molar refractivity (Wildman–Crippen MR) is 102 cm³/mol. The quantitative estimate of drug-likeness (QED) is 0.488. The third kappa shape index (κ3) is 5.52. The van der Waals surface area contributed by atoms with Gasteiger partial charge in [-0.1, -0.05) is 19.4 Å². The topological polar surface area (TPSA) is 9.23 Å². The van der Waals surface area contributed by atoms with Crippen molar-refractivity contribution in [2.24, 2.45) is 17.8 Å². The van der Waals surface area contributed by atoms with E-state index in [0.29, 0.717) is 42.8 Å². The van der Waals surface area contributed by atoms with Gasteiger partial charge in [0.1, 0.15) is 0 Å². The highest BCUT2D eigenvalue weighted by Crippen LogP contribution is 2.40. The van der Waals surface area contributed by atoms with Crippen LogP contribution < -0.4 is 4.74 Å². The number of rotatable bonds is 7. The summed E-state index contributed by atoms with van der Waals surface area (Å²) < 4.78 is 47.2. The van der Waals surface area contributed by atoms with Gasteiger partial charge in [-0.05, 0) is 93.2 Å². The molecule has 150 valence electrons. The summed E-state index contributed by atoms with van der Waals surface area (Å²) >= 11 is 0. The maximum atomic E-state index is 14.2. The van der Waals surface area contributed by atoms with Gasteiger partial charge in [0.2, 0.25) is 0 Å². The minimum absolute atomic E-state index is 0.0399. The number of allylic oxidation sites excluding steroid dienone is 2. The molecule has 0 radical (unpaired) electrons. The zero-order valence-corrected chi connectivity index (χ0v) is 16.3. The lowest BCUT2D eigenvalue weighted by atomic mass is 9.72. The lowest BCUT2D eigenvalue weighted by Crippen LogP contribution is -2.25. The number of aryl methyl sites for hydroxylation is 1. The van der Waals surface area contributed by atoms with Crippen LogP contribution in [0.1, 0.15) is 70.3 Å². The van der Waals surface area contributed by atoms with E-state index in [1.54, 1.807) is 6.08 Å². The third-order valence-corrected chi connectivity index (χ3v) is 6.29. The molecule has 2 aliphatic rings. The van der Waals surface area contributed by atoms with Crippen molar-refractivity contribution in [2.45, 2.75) is 71.1 Å². The fraction of sp³-hybridized carbons (Fsp3) is 0.652. The average molecular weight is 380 g/mol. The second kappa shape index (κ2) is 9.66. The first kappa shape index (κ1) is 20.3. The fourth-order valence-electron chi connectivity index (χ4n) is 4.55. The first-order valence-electron chi connectivity index (χ1n) is 10.5. The molecule has 1 atom stereocenters. The molecule has 0 aliphatic heterocycles. The Morgan fingerprint density at radius 2 is 1.67 bits per heavy atom. The monoisotopic (exact) mass is 380 g/mol. The zero-order valence-electron chi connectivity index (χ0n) is 16.3. The van der Waals surface area contributed by atoms with E-state index in [0.717, 1.165) is 51.4 Å². The van der Waals surface area contributed by atoms with Crippen LogP contribution in [0.2, 0.25) is 0 Å². The van der Waals surface area contributed by atoms with E-state index in [1.165, 1.54) is 12.1 Å². The number of benzene rings is 1. The summed E-state index contributed by atoms with van der Waals surface area (Å²) in [5, 5.41) is 0. The number of ether oxygens (including phenoxy) is 1. The van der Waals surface area contributed by atoms with Gasteiger partial charge in [-0.3, -0.25) is 0 Å². The van der Waals surface area contributed by atoms with Crippen LogP contribution in [-0.2, 0) is 6.42 Å². The van der Waals surface area contributed by atoms with Crippen molar-refractivity contribution in [1.29, 1.82) is 0 Å². The Labute approximate surface area is 161 Å². The van der Waals surface area contributed by atoms with Gasteiger partial charge in [0, 0.05) is 0 Å². The largest absolute Gasteiger partial charge is 0.487 e. The Kier molecular flexibility index (Phi) is 7.26. The van der Waals surface area contributed by atoms with Crippen molar-refractivity contribution in [3.63, 3.8) is 0 Å². The number of hydrogen-bond donors (Lipinski definition) is 0. The molecule has 1 aromatic rings. The predicted octanol–water partition coefficient (Wildman–Crippen LogP) is 7.15. The maximum Gasteiger partial charge on any atom is 0.190 e. The molecule has 1 aromatic carbocycles. The van der Waals surface area contributed by atoms with Crippen LogP contribution in [0.5, 0.6) is 5.75 Å². The van der Waals surface area contributed by atoms with Gasteiger partial charge in [0.15, 0.2) is 17.4 Å². The molecule has 1 fully saturated rings. The van der Waals surface area contributed by atoms with Crippen molar-refractivity contribution in [3.05, 3.63) is 41.2 Å². The van der Waals surface area contributed by atoms with Gasteiger partial charge >= 0.3 is 0 Å². The summed E-state index contributed by atoms with van der Waals surface area (Å²) in [6.07, 6.45) is 11.0. The summed E-state index contributed by atoms with van der Waals surface area (Å²) in [6, 6.07) is 2.81. The highest BCUT2D eigenvalue weighted by Gasteiger charge is 2.29. The molecule has 0 N–H and O–H groups in total. The Hall–Kier alpha value is -1.45. The van der Waals surface area contributed by atoms with Gasteiger partial charge in [-0.15, -0.1) is 0 Å². The standard InChI is InChI=1S/C23H31F3O/c1-2-3-4-17-13-21(25)23(22(26)14-17)27-15-16-5-7-18(8-6-16)19-9-11-20(24)12-10-19/h11,13-14,16,18-19H,2-10,12,15H2,1H3. The second-order valence-electron chi connectivity index (χ2n) is 8.27. The van der Waals surface area contributed by atoms with E-state index in [9.17, 15) is 13.2 Å². The van der Waals surface area contributed by atoms with E-state index in [2.05, 4.69) is 6.92 Å². The number of halogens is 3.